The molecule has 0 radical (unpaired) electrons. The van der Waals surface area contributed by atoms with E-state index in [4.69, 9.17) is 0 Å². The van der Waals surface area contributed by atoms with Crippen LogP contribution in [0.3, 0.4) is 0 Å². The Hall–Kier alpha value is -2.11. The first-order chi connectivity index (χ1) is 9.68. The van der Waals surface area contributed by atoms with Crippen LogP contribution in [0.1, 0.15) is 32.8 Å². The van der Waals surface area contributed by atoms with Crippen molar-refractivity contribution in [2.75, 3.05) is 11.9 Å². The SMILES string of the molecule is Cc1cc(NC2CC(=O)N(C(C)(C)C)C2)ccc1[N+](=O)[O-]. The maximum Gasteiger partial charge on any atom is 0.272 e. The molecule has 1 aromatic carbocycles. The van der Waals surface area contributed by atoms with Crippen LogP contribution in [0.25, 0.3) is 0 Å². The Morgan fingerprint density at radius 2 is 2.05 bits per heavy atom. The summed E-state index contributed by atoms with van der Waals surface area (Å²) in [7, 11) is 0. The third-order valence-electron chi connectivity index (χ3n) is 3.70. The van der Waals surface area contributed by atoms with Gasteiger partial charge in [-0.15, -0.1) is 0 Å². The number of nitro benzene ring substituents is 1. The molecule has 1 aliphatic rings. The molecule has 6 nitrogen and oxygen atoms in total. The van der Waals surface area contributed by atoms with Gasteiger partial charge in [-0.2, -0.15) is 0 Å². The highest BCUT2D eigenvalue weighted by Crippen LogP contribution is 2.26. The molecule has 0 saturated carbocycles. The average molecular weight is 291 g/mol. The van der Waals surface area contributed by atoms with Crippen molar-refractivity contribution in [3.63, 3.8) is 0 Å². The molecular weight excluding hydrogens is 270 g/mol. The number of nitrogens with zero attached hydrogens (tertiary/aromatic N) is 2. The van der Waals surface area contributed by atoms with Gasteiger partial charge in [0.1, 0.15) is 0 Å². The monoisotopic (exact) mass is 291 g/mol. The molecule has 1 amide bonds. The van der Waals surface area contributed by atoms with Crippen LogP contribution in [0.4, 0.5) is 11.4 Å². The van der Waals surface area contributed by atoms with Crippen molar-refractivity contribution in [2.45, 2.75) is 45.7 Å². The van der Waals surface area contributed by atoms with Crippen LogP contribution in [-0.2, 0) is 4.79 Å². The van der Waals surface area contributed by atoms with Gasteiger partial charge in [-0.3, -0.25) is 14.9 Å². The molecule has 1 saturated heterocycles. The normalized spacial score (nSPS) is 19.0. The number of amides is 1. The Morgan fingerprint density at radius 1 is 1.38 bits per heavy atom. The second-order valence-electron chi connectivity index (χ2n) is 6.48. The van der Waals surface area contributed by atoms with E-state index in [0.717, 1.165) is 5.69 Å². The molecule has 0 aromatic heterocycles. The number of anilines is 1. The molecular formula is C15H21N3O3. The van der Waals surface area contributed by atoms with Crippen molar-refractivity contribution in [2.24, 2.45) is 0 Å². The summed E-state index contributed by atoms with van der Waals surface area (Å²) < 4.78 is 0. The fraction of sp³-hybridized carbons (Fsp3) is 0.533. The number of nitro groups is 1. The lowest BCUT2D eigenvalue weighted by molar-refractivity contribution is -0.385. The second-order valence-corrected chi connectivity index (χ2v) is 6.48. The lowest BCUT2D eigenvalue weighted by Gasteiger charge is -2.32. The number of carbonyl (C=O) groups is 1. The zero-order chi connectivity index (χ0) is 15.8. The summed E-state index contributed by atoms with van der Waals surface area (Å²) in [6.07, 6.45) is 0.452. The number of aryl methyl sites for hydroxylation is 1. The zero-order valence-electron chi connectivity index (χ0n) is 12.8. The van der Waals surface area contributed by atoms with Gasteiger partial charge >= 0.3 is 0 Å². The Bertz CT molecular complexity index is 578. The number of rotatable bonds is 3. The summed E-state index contributed by atoms with van der Waals surface area (Å²) in [6, 6.07) is 4.98. The van der Waals surface area contributed by atoms with Gasteiger partial charge in [0, 0.05) is 35.8 Å². The number of hydrogen-bond acceptors (Lipinski definition) is 4. The van der Waals surface area contributed by atoms with Crippen LogP contribution in [0.2, 0.25) is 0 Å². The van der Waals surface area contributed by atoms with Gasteiger partial charge in [0.2, 0.25) is 5.91 Å². The van der Waals surface area contributed by atoms with E-state index in [2.05, 4.69) is 5.32 Å². The minimum Gasteiger partial charge on any atom is -0.380 e. The maximum atomic E-state index is 12.0. The minimum atomic E-state index is -0.389. The summed E-state index contributed by atoms with van der Waals surface area (Å²) in [4.78, 5) is 24.3. The predicted molar refractivity (Wildman–Crippen MR) is 81.3 cm³/mol. The predicted octanol–water partition coefficient (Wildman–Crippen LogP) is 2.71. The molecule has 1 atom stereocenters. The fourth-order valence-electron chi connectivity index (χ4n) is 2.64. The first-order valence-corrected chi connectivity index (χ1v) is 7.00. The molecule has 1 N–H and O–H groups in total. The van der Waals surface area contributed by atoms with E-state index < -0.39 is 0 Å². The van der Waals surface area contributed by atoms with Crippen molar-refractivity contribution in [1.82, 2.24) is 4.90 Å². The van der Waals surface area contributed by atoms with Gasteiger partial charge in [0.25, 0.3) is 5.69 Å². The molecule has 2 rings (SSSR count). The van der Waals surface area contributed by atoms with Crippen molar-refractivity contribution in [3.8, 4) is 0 Å². The number of benzene rings is 1. The Kier molecular flexibility index (Phi) is 3.89. The first-order valence-electron chi connectivity index (χ1n) is 7.00. The van der Waals surface area contributed by atoms with Gasteiger partial charge in [-0.05, 0) is 39.8 Å². The second kappa shape index (κ2) is 5.35. The molecule has 1 unspecified atom stereocenters. The highest BCUT2D eigenvalue weighted by molar-refractivity contribution is 5.80. The van der Waals surface area contributed by atoms with Gasteiger partial charge < -0.3 is 10.2 Å². The number of hydrogen-bond donors (Lipinski definition) is 1. The molecule has 1 aliphatic heterocycles. The van der Waals surface area contributed by atoms with Gasteiger partial charge in [0.05, 0.1) is 11.0 Å². The summed E-state index contributed by atoms with van der Waals surface area (Å²) in [5.41, 5.74) is 1.35. The molecule has 1 aromatic rings. The van der Waals surface area contributed by atoms with Crippen LogP contribution in [0.5, 0.6) is 0 Å². The summed E-state index contributed by atoms with van der Waals surface area (Å²) in [6.45, 7) is 8.42. The first kappa shape index (κ1) is 15.3. The van der Waals surface area contributed by atoms with Gasteiger partial charge in [-0.1, -0.05) is 0 Å². The molecule has 0 bridgehead atoms. The lowest BCUT2D eigenvalue weighted by Crippen LogP contribution is -2.43. The van der Waals surface area contributed by atoms with Gasteiger partial charge in [0.15, 0.2) is 0 Å². The van der Waals surface area contributed by atoms with Gasteiger partial charge in [-0.25, -0.2) is 0 Å². The summed E-state index contributed by atoms with van der Waals surface area (Å²) in [5.74, 6) is 0.138. The smallest absolute Gasteiger partial charge is 0.272 e. The van der Waals surface area contributed by atoms with E-state index >= 15 is 0 Å². The molecule has 6 heteroatoms. The average Bonchev–Trinajstić information content (AvgIpc) is 2.69. The number of likely N-dealkylation sites (tertiary alicyclic amines) is 1. The van der Waals surface area contributed by atoms with E-state index in [1.54, 1.807) is 19.1 Å². The Labute approximate surface area is 124 Å². The van der Waals surface area contributed by atoms with E-state index in [0.29, 0.717) is 18.5 Å². The molecule has 114 valence electrons. The number of nitrogens with one attached hydrogen (secondary N) is 1. The van der Waals surface area contributed by atoms with Crippen LogP contribution in [0.15, 0.2) is 18.2 Å². The summed E-state index contributed by atoms with van der Waals surface area (Å²) >= 11 is 0. The highest BCUT2D eigenvalue weighted by atomic mass is 16.6. The molecule has 1 heterocycles. The van der Waals surface area contributed by atoms with Crippen molar-refractivity contribution in [1.29, 1.82) is 0 Å². The largest absolute Gasteiger partial charge is 0.380 e. The van der Waals surface area contributed by atoms with Crippen molar-refractivity contribution >= 4 is 17.3 Å². The third kappa shape index (κ3) is 3.32. The lowest BCUT2D eigenvalue weighted by atomic mass is 10.1. The highest BCUT2D eigenvalue weighted by Gasteiger charge is 2.36. The Balaban J connectivity index is 2.08. The van der Waals surface area contributed by atoms with Crippen LogP contribution >= 0.6 is 0 Å². The quantitative estimate of drug-likeness (QED) is 0.686. The van der Waals surface area contributed by atoms with Crippen LogP contribution in [0, 0.1) is 17.0 Å². The van der Waals surface area contributed by atoms with E-state index in [9.17, 15) is 14.9 Å². The molecule has 1 fully saturated rings. The zero-order valence-corrected chi connectivity index (χ0v) is 12.8. The third-order valence-corrected chi connectivity index (χ3v) is 3.70. The van der Waals surface area contributed by atoms with E-state index in [-0.39, 0.29) is 28.1 Å². The Morgan fingerprint density at radius 3 is 2.52 bits per heavy atom. The maximum absolute atomic E-state index is 12.0. The van der Waals surface area contributed by atoms with Crippen molar-refractivity contribution in [3.05, 3.63) is 33.9 Å². The standard InChI is InChI=1S/C15H21N3O3/c1-10-7-11(5-6-13(10)18(20)21)16-12-8-14(19)17(9-12)15(2,3)4/h5-7,12,16H,8-9H2,1-4H3. The fourth-order valence-corrected chi connectivity index (χ4v) is 2.64. The summed E-state index contributed by atoms with van der Waals surface area (Å²) in [5, 5.41) is 14.1. The van der Waals surface area contributed by atoms with Crippen molar-refractivity contribution < 1.29 is 9.72 Å². The van der Waals surface area contributed by atoms with Crippen LogP contribution in [-0.4, -0.2) is 33.9 Å². The molecule has 0 spiro atoms. The van der Waals surface area contributed by atoms with Crippen LogP contribution < -0.4 is 5.32 Å². The van der Waals surface area contributed by atoms with E-state index in [1.165, 1.54) is 6.07 Å². The van der Waals surface area contributed by atoms with E-state index in [1.807, 2.05) is 25.7 Å². The minimum absolute atomic E-state index is 0.0394. The molecule has 21 heavy (non-hydrogen) atoms. The number of carbonyl (C=O) groups excluding carboxylic acids is 1. The topological polar surface area (TPSA) is 75.5 Å². The molecule has 0 aliphatic carbocycles.